The fraction of sp³-hybridized carbons (Fsp3) is 0.727. The first-order valence-electron chi connectivity index (χ1n) is 5.57. The van der Waals surface area contributed by atoms with Crippen LogP contribution in [0.4, 0.5) is 0 Å². The van der Waals surface area contributed by atoms with Crippen LogP contribution in [0.3, 0.4) is 0 Å². The van der Waals surface area contributed by atoms with Crippen LogP contribution in [0.25, 0.3) is 0 Å². The highest BCUT2D eigenvalue weighted by atomic mass is 32.1. The predicted molar refractivity (Wildman–Crippen MR) is 66.3 cm³/mol. The zero-order chi connectivity index (χ0) is 11.1. The lowest BCUT2D eigenvalue weighted by Crippen LogP contribution is -2.32. The van der Waals surface area contributed by atoms with Crippen molar-refractivity contribution in [3.63, 3.8) is 0 Å². The Kier molecular flexibility index (Phi) is 5.83. The maximum atomic E-state index is 4.40. The molecule has 2 N–H and O–H groups in total. The van der Waals surface area contributed by atoms with Crippen molar-refractivity contribution in [3.8, 4) is 0 Å². The van der Waals surface area contributed by atoms with E-state index in [0.29, 0.717) is 6.04 Å². The monoisotopic (exact) mass is 227 g/mol. The zero-order valence-electron chi connectivity index (χ0n) is 9.84. The first-order chi connectivity index (χ1) is 7.22. The van der Waals surface area contributed by atoms with Crippen molar-refractivity contribution in [1.29, 1.82) is 0 Å². The van der Waals surface area contributed by atoms with Crippen LogP contribution in [0.5, 0.6) is 0 Å². The maximum Gasteiger partial charge on any atom is 0.107 e. The van der Waals surface area contributed by atoms with Gasteiger partial charge in [-0.2, -0.15) is 0 Å². The van der Waals surface area contributed by atoms with Gasteiger partial charge in [-0.3, -0.25) is 0 Å². The standard InChI is InChI=1S/C11H21N3S/c1-4-9(2)13-6-5-12-7-11-14-10(3)8-15-11/h8-9,12-13H,4-7H2,1-3H3. The number of hydrogen-bond acceptors (Lipinski definition) is 4. The second-order valence-electron chi connectivity index (χ2n) is 3.82. The molecule has 4 heteroatoms. The van der Waals surface area contributed by atoms with Gasteiger partial charge in [0.2, 0.25) is 0 Å². The molecule has 86 valence electrons. The normalized spacial score (nSPS) is 13.0. The van der Waals surface area contributed by atoms with E-state index in [4.69, 9.17) is 0 Å². The third-order valence-corrected chi connectivity index (χ3v) is 3.32. The molecule has 1 rings (SSSR count). The van der Waals surface area contributed by atoms with Crippen molar-refractivity contribution in [1.82, 2.24) is 15.6 Å². The van der Waals surface area contributed by atoms with E-state index in [9.17, 15) is 0 Å². The molecule has 0 spiro atoms. The van der Waals surface area contributed by atoms with Gasteiger partial charge in [0.25, 0.3) is 0 Å². The third kappa shape index (κ3) is 5.25. The van der Waals surface area contributed by atoms with E-state index in [2.05, 4.69) is 34.8 Å². The highest BCUT2D eigenvalue weighted by Gasteiger charge is 1.98. The summed E-state index contributed by atoms with van der Waals surface area (Å²) in [5.41, 5.74) is 1.12. The Morgan fingerprint density at radius 1 is 1.47 bits per heavy atom. The topological polar surface area (TPSA) is 37.0 Å². The summed E-state index contributed by atoms with van der Waals surface area (Å²) < 4.78 is 0. The minimum Gasteiger partial charge on any atom is -0.313 e. The van der Waals surface area contributed by atoms with Crippen LogP contribution in [-0.4, -0.2) is 24.1 Å². The summed E-state index contributed by atoms with van der Waals surface area (Å²) in [5, 5.41) is 10.1. The van der Waals surface area contributed by atoms with Crippen LogP contribution < -0.4 is 10.6 Å². The van der Waals surface area contributed by atoms with Gasteiger partial charge >= 0.3 is 0 Å². The number of nitrogens with one attached hydrogen (secondary N) is 2. The van der Waals surface area contributed by atoms with Crippen LogP contribution in [-0.2, 0) is 6.54 Å². The molecule has 0 amide bonds. The highest BCUT2D eigenvalue weighted by Crippen LogP contribution is 2.07. The average Bonchev–Trinajstić information content (AvgIpc) is 2.63. The number of hydrogen-bond donors (Lipinski definition) is 2. The fourth-order valence-electron chi connectivity index (χ4n) is 1.23. The van der Waals surface area contributed by atoms with E-state index >= 15 is 0 Å². The Morgan fingerprint density at radius 2 is 2.27 bits per heavy atom. The van der Waals surface area contributed by atoms with Gasteiger partial charge in [0.1, 0.15) is 5.01 Å². The third-order valence-electron chi connectivity index (χ3n) is 2.35. The Hall–Kier alpha value is -0.450. The number of aryl methyl sites for hydroxylation is 1. The molecule has 0 saturated heterocycles. The summed E-state index contributed by atoms with van der Waals surface area (Å²) in [6.45, 7) is 9.36. The SMILES string of the molecule is CCC(C)NCCNCc1nc(C)cs1. The van der Waals surface area contributed by atoms with E-state index in [1.54, 1.807) is 11.3 Å². The van der Waals surface area contributed by atoms with Crippen molar-refractivity contribution in [2.24, 2.45) is 0 Å². The number of thiazole rings is 1. The lowest BCUT2D eigenvalue weighted by molar-refractivity contribution is 0.517. The van der Waals surface area contributed by atoms with Crippen LogP contribution in [0.1, 0.15) is 31.0 Å². The lowest BCUT2D eigenvalue weighted by atomic mass is 10.3. The van der Waals surface area contributed by atoms with Gasteiger partial charge < -0.3 is 10.6 Å². The van der Waals surface area contributed by atoms with Crippen LogP contribution in [0.2, 0.25) is 0 Å². The summed E-state index contributed by atoms with van der Waals surface area (Å²) in [6.07, 6.45) is 1.19. The highest BCUT2D eigenvalue weighted by molar-refractivity contribution is 7.09. The Morgan fingerprint density at radius 3 is 2.87 bits per heavy atom. The van der Waals surface area contributed by atoms with Gasteiger partial charge in [-0.05, 0) is 20.3 Å². The summed E-state index contributed by atoms with van der Waals surface area (Å²) >= 11 is 1.72. The minimum absolute atomic E-state index is 0.619. The van der Waals surface area contributed by atoms with Crippen LogP contribution >= 0.6 is 11.3 Å². The van der Waals surface area contributed by atoms with Crippen LogP contribution in [0.15, 0.2) is 5.38 Å². The van der Waals surface area contributed by atoms with Gasteiger partial charge in [-0.25, -0.2) is 4.98 Å². The van der Waals surface area contributed by atoms with E-state index < -0.39 is 0 Å². The smallest absolute Gasteiger partial charge is 0.107 e. The molecule has 1 atom stereocenters. The van der Waals surface area contributed by atoms with Crippen molar-refractivity contribution in [3.05, 3.63) is 16.1 Å². The minimum atomic E-state index is 0.619. The van der Waals surface area contributed by atoms with Gasteiger partial charge in [0.15, 0.2) is 0 Å². The van der Waals surface area contributed by atoms with Gasteiger partial charge in [-0.15, -0.1) is 11.3 Å². The molecule has 0 aliphatic rings. The molecule has 15 heavy (non-hydrogen) atoms. The zero-order valence-corrected chi connectivity index (χ0v) is 10.7. The van der Waals surface area contributed by atoms with E-state index in [0.717, 1.165) is 25.3 Å². The predicted octanol–water partition coefficient (Wildman–Crippen LogP) is 1.93. The van der Waals surface area contributed by atoms with Gasteiger partial charge in [0.05, 0.1) is 0 Å². The largest absolute Gasteiger partial charge is 0.313 e. The molecule has 0 saturated carbocycles. The number of nitrogens with zero attached hydrogens (tertiary/aromatic N) is 1. The Balaban J connectivity index is 2.02. The van der Waals surface area contributed by atoms with E-state index in [1.807, 2.05) is 6.92 Å². The molecule has 0 fully saturated rings. The summed E-state index contributed by atoms with van der Waals surface area (Å²) in [7, 11) is 0. The molecule has 3 nitrogen and oxygen atoms in total. The fourth-order valence-corrected chi connectivity index (χ4v) is 1.97. The molecular formula is C11H21N3S. The summed E-state index contributed by atoms with van der Waals surface area (Å²) in [4.78, 5) is 4.40. The molecule has 1 aromatic heterocycles. The Labute approximate surface area is 96.3 Å². The molecule has 0 aliphatic heterocycles. The molecule has 1 aromatic rings. The molecule has 0 aromatic carbocycles. The van der Waals surface area contributed by atoms with Crippen molar-refractivity contribution < 1.29 is 0 Å². The van der Waals surface area contributed by atoms with Crippen LogP contribution in [0, 0.1) is 6.92 Å². The van der Waals surface area contributed by atoms with Crippen molar-refractivity contribution >= 4 is 11.3 Å². The molecule has 0 bridgehead atoms. The lowest BCUT2D eigenvalue weighted by Gasteiger charge is -2.10. The second kappa shape index (κ2) is 6.93. The Bertz CT molecular complexity index is 273. The number of rotatable bonds is 7. The van der Waals surface area contributed by atoms with Crippen molar-refractivity contribution in [2.45, 2.75) is 39.8 Å². The molecule has 1 unspecified atom stereocenters. The molecular weight excluding hydrogens is 206 g/mol. The average molecular weight is 227 g/mol. The maximum absolute atomic E-state index is 4.40. The number of aromatic nitrogens is 1. The summed E-state index contributed by atoms with van der Waals surface area (Å²) in [6, 6.07) is 0.619. The second-order valence-corrected chi connectivity index (χ2v) is 4.77. The molecule has 1 heterocycles. The van der Waals surface area contributed by atoms with Gasteiger partial charge in [0, 0.05) is 36.8 Å². The molecule has 0 radical (unpaired) electrons. The first-order valence-corrected chi connectivity index (χ1v) is 6.45. The van der Waals surface area contributed by atoms with Crippen molar-refractivity contribution in [2.75, 3.05) is 13.1 Å². The first kappa shape index (κ1) is 12.6. The van der Waals surface area contributed by atoms with E-state index in [1.165, 1.54) is 11.4 Å². The summed E-state index contributed by atoms with van der Waals surface area (Å²) in [5.74, 6) is 0. The van der Waals surface area contributed by atoms with Gasteiger partial charge in [-0.1, -0.05) is 6.92 Å². The van der Waals surface area contributed by atoms with E-state index in [-0.39, 0.29) is 0 Å². The molecule has 0 aliphatic carbocycles. The quantitative estimate of drug-likeness (QED) is 0.699.